The van der Waals surface area contributed by atoms with Gasteiger partial charge in [0.15, 0.2) is 0 Å². The smallest absolute Gasteiger partial charge is 0.406 e. The maximum absolute atomic E-state index is 10.1. The lowest BCUT2D eigenvalue weighted by Gasteiger charge is -2.21. The Morgan fingerprint density at radius 2 is 2.60 bits per heavy atom. The van der Waals surface area contributed by atoms with E-state index in [0.717, 1.165) is 6.54 Å². The van der Waals surface area contributed by atoms with Crippen molar-refractivity contribution in [2.75, 3.05) is 19.7 Å². The minimum absolute atomic E-state index is 0.512. The van der Waals surface area contributed by atoms with Crippen LogP contribution in [0.15, 0.2) is 0 Å². The molecule has 0 aliphatic carbocycles. The molecule has 1 unspecified atom stereocenters. The molecule has 0 bridgehead atoms. The summed E-state index contributed by atoms with van der Waals surface area (Å²) in [7, 11) is 0. The first-order chi connectivity index (χ1) is 4.79. The van der Waals surface area contributed by atoms with Gasteiger partial charge in [-0.1, -0.05) is 0 Å². The highest BCUT2D eigenvalue weighted by atomic mass is 35.5. The average molecular weight is 166 g/mol. The van der Waals surface area contributed by atoms with E-state index >= 15 is 0 Å². The van der Waals surface area contributed by atoms with Crippen molar-refractivity contribution in [1.29, 1.82) is 0 Å². The SMILES string of the molecule is O=C(Cl)OC1CNCCO1. The molecule has 4 nitrogen and oxygen atoms in total. The van der Waals surface area contributed by atoms with E-state index in [2.05, 4.69) is 10.1 Å². The monoisotopic (exact) mass is 165 g/mol. The lowest BCUT2D eigenvalue weighted by molar-refractivity contribution is -0.110. The summed E-state index contributed by atoms with van der Waals surface area (Å²) in [6.45, 7) is 1.85. The van der Waals surface area contributed by atoms with E-state index in [4.69, 9.17) is 16.3 Å². The summed E-state index contributed by atoms with van der Waals surface area (Å²) in [6, 6.07) is 0. The number of ether oxygens (including phenoxy) is 2. The predicted octanol–water partition coefficient (Wildman–Crippen LogP) is 0.308. The van der Waals surface area contributed by atoms with Crippen molar-refractivity contribution in [3.8, 4) is 0 Å². The molecule has 0 radical (unpaired) electrons. The molecule has 58 valence electrons. The molecule has 1 aliphatic rings. The van der Waals surface area contributed by atoms with Crippen molar-refractivity contribution in [2.24, 2.45) is 0 Å². The van der Waals surface area contributed by atoms with Crippen LogP contribution in [0.3, 0.4) is 0 Å². The Labute approximate surface area is 63.4 Å². The Morgan fingerprint density at radius 3 is 3.10 bits per heavy atom. The standard InChI is InChI=1S/C5H8ClNO3/c6-5(8)10-4-3-7-1-2-9-4/h4,7H,1-3H2. The number of hydrogen-bond acceptors (Lipinski definition) is 4. The highest BCUT2D eigenvalue weighted by Gasteiger charge is 2.15. The van der Waals surface area contributed by atoms with E-state index in [9.17, 15) is 4.79 Å². The van der Waals surface area contributed by atoms with Crippen molar-refractivity contribution in [3.05, 3.63) is 0 Å². The molecule has 1 N–H and O–H groups in total. The number of halogens is 1. The van der Waals surface area contributed by atoms with Crippen LogP contribution in [0.4, 0.5) is 4.79 Å². The van der Waals surface area contributed by atoms with E-state index in [1.165, 1.54) is 0 Å². The van der Waals surface area contributed by atoms with Crippen molar-refractivity contribution in [2.45, 2.75) is 6.29 Å². The summed E-state index contributed by atoms with van der Waals surface area (Å²) in [4.78, 5) is 10.1. The summed E-state index contributed by atoms with van der Waals surface area (Å²) in [5, 5.41) is 2.98. The number of rotatable bonds is 1. The first kappa shape index (κ1) is 7.78. The lowest BCUT2D eigenvalue weighted by atomic mass is 10.5. The van der Waals surface area contributed by atoms with E-state index < -0.39 is 11.7 Å². The van der Waals surface area contributed by atoms with Crippen molar-refractivity contribution >= 4 is 17.0 Å². The average Bonchev–Trinajstić information content (AvgIpc) is 1.88. The number of hydrogen-bond donors (Lipinski definition) is 1. The minimum Gasteiger partial charge on any atom is -0.422 e. The molecular weight excluding hydrogens is 158 g/mol. The van der Waals surface area contributed by atoms with Crippen LogP contribution in [0.25, 0.3) is 0 Å². The van der Waals surface area contributed by atoms with Crippen LogP contribution in [0, 0.1) is 0 Å². The summed E-state index contributed by atoms with van der Waals surface area (Å²) >= 11 is 4.94. The molecule has 1 saturated heterocycles. The third-order valence-corrected chi connectivity index (χ3v) is 1.21. The molecule has 1 fully saturated rings. The number of carbonyl (C=O) groups excluding carboxylic acids is 1. The first-order valence-corrected chi connectivity index (χ1v) is 3.35. The molecule has 0 aromatic heterocycles. The fourth-order valence-corrected chi connectivity index (χ4v) is 0.820. The van der Waals surface area contributed by atoms with Gasteiger partial charge in [0, 0.05) is 18.1 Å². The van der Waals surface area contributed by atoms with Gasteiger partial charge >= 0.3 is 5.43 Å². The van der Waals surface area contributed by atoms with Crippen molar-refractivity contribution < 1.29 is 14.3 Å². The second-order valence-electron chi connectivity index (χ2n) is 1.86. The van der Waals surface area contributed by atoms with Crippen LogP contribution in [0.5, 0.6) is 0 Å². The van der Waals surface area contributed by atoms with Crippen LogP contribution < -0.4 is 5.32 Å². The zero-order chi connectivity index (χ0) is 7.40. The van der Waals surface area contributed by atoms with E-state index in [0.29, 0.717) is 13.2 Å². The second kappa shape index (κ2) is 3.75. The molecule has 5 heteroatoms. The van der Waals surface area contributed by atoms with Gasteiger partial charge < -0.3 is 14.8 Å². The van der Waals surface area contributed by atoms with Crippen molar-refractivity contribution in [1.82, 2.24) is 5.32 Å². The van der Waals surface area contributed by atoms with Gasteiger partial charge in [0.2, 0.25) is 6.29 Å². The first-order valence-electron chi connectivity index (χ1n) is 2.97. The highest BCUT2D eigenvalue weighted by molar-refractivity contribution is 6.61. The van der Waals surface area contributed by atoms with Gasteiger partial charge in [-0.15, -0.1) is 0 Å². The molecule has 1 heterocycles. The molecule has 0 aromatic carbocycles. The van der Waals surface area contributed by atoms with Crippen LogP contribution >= 0.6 is 11.6 Å². The van der Waals surface area contributed by atoms with Crippen molar-refractivity contribution in [3.63, 3.8) is 0 Å². The third-order valence-electron chi connectivity index (χ3n) is 1.12. The van der Waals surface area contributed by atoms with Gasteiger partial charge in [-0.3, -0.25) is 0 Å². The molecule has 0 spiro atoms. The van der Waals surface area contributed by atoms with Gasteiger partial charge in [-0.2, -0.15) is 0 Å². The number of nitrogens with one attached hydrogen (secondary N) is 1. The molecule has 0 saturated carbocycles. The van der Waals surface area contributed by atoms with Gasteiger partial charge in [-0.05, 0) is 0 Å². The number of morpholine rings is 1. The molecule has 1 rings (SSSR count). The minimum atomic E-state index is -0.825. The quantitative estimate of drug-likeness (QED) is 0.568. The normalized spacial score (nSPS) is 25.9. The molecule has 1 atom stereocenters. The zero-order valence-electron chi connectivity index (χ0n) is 5.30. The molecule has 10 heavy (non-hydrogen) atoms. The fraction of sp³-hybridized carbons (Fsp3) is 0.800. The maximum Gasteiger partial charge on any atom is 0.406 e. The summed E-state index contributed by atoms with van der Waals surface area (Å²) < 4.78 is 9.53. The topological polar surface area (TPSA) is 47.6 Å². The Hall–Kier alpha value is -0.320. The van der Waals surface area contributed by atoms with Crippen LogP contribution in [-0.2, 0) is 9.47 Å². The molecule has 0 aromatic rings. The maximum atomic E-state index is 10.1. The Balaban J connectivity index is 2.19. The van der Waals surface area contributed by atoms with Gasteiger partial charge in [-0.25, -0.2) is 4.79 Å². The summed E-state index contributed by atoms with van der Waals surface area (Å²) in [5.74, 6) is 0. The largest absolute Gasteiger partial charge is 0.422 e. The Bertz CT molecular complexity index is 124. The predicted molar refractivity (Wildman–Crippen MR) is 34.9 cm³/mol. The van der Waals surface area contributed by atoms with Crippen LogP contribution in [0.2, 0.25) is 0 Å². The van der Waals surface area contributed by atoms with E-state index in [1.807, 2.05) is 0 Å². The molecule has 1 aliphatic heterocycles. The number of carbonyl (C=O) groups is 1. The van der Waals surface area contributed by atoms with Gasteiger partial charge in [0.05, 0.1) is 13.2 Å². The highest BCUT2D eigenvalue weighted by Crippen LogP contribution is 2.00. The summed E-state index contributed by atoms with van der Waals surface area (Å²) in [5.41, 5.74) is -0.825. The third kappa shape index (κ3) is 2.51. The zero-order valence-corrected chi connectivity index (χ0v) is 6.06. The summed E-state index contributed by atoms with van der Waals surface area (Å²) in [6.07, 6.45) is -0.515. The van der Waals surface area contributed by atoms with E-state index in [1.54, 1.807) is 0 Å². The molecular formula is C5H8ClNO3. The Morgan fingerprint density at radius 1 is 1.80 bits per heavy atom. The van der Waals surface area contributed by atoms with Crippen LogP contribution in [-0.4, -0.2) is 31.4 Å². The fourth-order valence-electron chi connectivity index (χ4n) is 0.720. The van der Waals surface area contributed by atoms with E-state index in [-0.39, 0.29) is 0 Å². The Kier molecular flexibility index (Phi) is 2.92. The van der Waals surface area contributed by atoms with Gasteiger partial charge in [0.1, 0.15) is 0 Å². The molecule has 0 amide bonds. The van der Waals surface area contributed by atoms with Gasteiger partial charge in [0.25, 0.3) is 0 Å². The lowest BCUT2D eigenvalue weighted by Crippen LogP contribution is -2.40. The van der Waals surface area contributed by atoms with Crippen LogP contribution in [0.1, 0.15) is 0 Å². The second-order valence-corrected chi connectivity index (χ2v) is 2.17.